The molecule has 2 aliphatic rings. The third kappa shape index (κ3) is 4.59. The van der Waals surface area contributed by atoms with Crippen LogP contribution in [0.2, 0.25) is 0 Å². The van der Waals surface area contributed by atoms with Crippen molar-refractivity contribution < 1.29 is 0 Å². The van der Waals surface area contributed by atoms with Gasteiger partial charge >= 0.3 is 0 Å². The average molecular weight is 373 g/mol. The van der Waals surface area contributed by atoms with E-state index in [1.54, 1.807) is 5.56 Å². The van der Waals surface area contributed by atoms with Crippen molar-refractivity contribution in [2.24, 2.45) is 11.8 Å². The predicted octanol–water partition coefficient (Wildman–Crippen LogP) is 8.50. The van der Waals surface area contributed by atoms with E-state index >= 15 is 0 Å². The predicted molar refractivity (Wildman–Crippen MR) is 122 cm³/mol. The highest BCUT2D eigenvalue weighted by Gasteiger charge is 2.21. The zero-order valence-corrected chi connectivity index (χ0v) is 17.7. The first-order valence-corrected chi connectivity index (χ1v) is 11.6. The summed E-state index contributed by atoms with van der Waals surface area (Å²) in [6, 6.07) is 18.9. The van der Waals surface area contributed by atoms with Gasteiger partial charge in [0.05, 0.1) is 0 Å². The lowest BCUT2D eigenvalue weighted by atomic mass is 9.78. The van der Waals surface area contributed by atoms with Crippen molar-refractivity contribution in [3.05, 3.63) is 71.8 Å². The summed E-state index contributed by atoms with van der Waals surface area (Å²) in [5.41, 5.74) is 5.80. The molecule has 2 aromatic carbocycles. The van der Waals surface area contributed by atoms with Gasteiger partial charge in [-0.05, 0) is 91.4 Å². The largest absolute Gasteiger partial charge is 0.0914 e. The maximum absolute atomic E-state index is 2.40. The molecule has 148 valence electrons. The third-order valence-electron chi connectivity index (χ3n) is 7.35. The Morgan fingerprint density at radius 3 is 1.46 bits per heavy atom. The highest BCUT2D eigenvalue weighted by Crippen LogP contribution is 2.38. The van der Waals surface area contributed by atoms with Crippen molar-refractivity contribution in [2.45, 2.75) is 77.0 Å². The van der Waals surface area contributed by atoms with Crippen molar-refractivity contribution in [1.29, 1.82) is 0 Å². The fraction of sp³-hybridized carbons (Fsp3) is 0.500. The van der Waals surface area contributed by atoms with E-state index in [2.05, 4.69) is 74.5 Å². The molecule has 0 amide bonds. The van der Waals surface area contributed by atoms with Gasteiger partial charge in [-0.1, -0.05) is 80.4 Å². The molecule has 0 aromatic heterocycles. The Hall–Kier alpha value is -1.82. The van der Waals surface area contributed by atoms with Crippen LogP contribution in [0.3, 0.4) is 0 Å². The Kier molecular flexibility index (Phi) is 6.35. The number of allylic oxidation sites excluding steroid dienone is 2. The topological polar surface area (TPSA) is 0 Å². The summed E-state index contributed by atoms with van der Waals surface area (Å²) in [5, 5.41) is 0. The summed E-state index contributed by atoms with van der Waals surface area (Å²) in [6.45, 7) is 4.55. The van der Waals surface area contributed by atoms with Gasteiger partial charge in [0.1, 0.15) is 0 Å². The van der Waals surface area contributed by atoms with Crippen LogP contribution in [0.25, 0.3) is 11.1 Å². The molecular formula is C28H36. The molecule has 0 spiro atoms. The summed E-state index contributed by atoms with van der Waals surface area (Å²) in [6.07, 6.45) is 15.5. The van der Waals surface area contributed by atoms with Gasteiger partial charge < -0.3 is 0 Å². The van der Waals surface area contributed by atoms with Gasteiger partial charge in [0.15, 0.2) is 0 Å². The minimum Gasteiger partial charge on any atom is -0.0914 e. The van der Waals surface area contributed by atoms with Gasteiger partial charge in [0.2, 0.25) is 0 Å². The molecule has 0 radical (unpaired) electrons. The average Bonchev–Trinajstić information content (AvgIpc) is 2.75. The normalized spacial score (nSPS) is 28.5. The Balaban J connectivity index is 1.39. The lowest BCUT2D eigenvalue weighted by molar-refractivity contribution is 0.348. The Morgan fingerprint density at radius 2 is 1.04 bits per heavy atom. The Labute approximate surface area is 172 Å². The molecule has 0 heteroatoms. The second-order valence-corrected chi connectivity index (χ2v) is 9.34. The summed E-state index contributed by atoms with van der Waals surface area (Å²) in [4.78, 5) is 0. The summed E-state index contributed by atoms with van der Waals surface area (Å²) in [7, 11) is 0. The second kappa shape index (κ2) is 9.12. The molecule has 0 nitrogen and oxygen atoms in total. The molecule has 0 saturated heterocycles. The fourth-order valence-corrected chi connectivity index (χ4v) is 5.41. The molecule has 0 heterocycles. The molecule has 2 aliphatic carbocycles. The molecule has 2 aromatic rings. The van der Waals surface area contributed by atoms with Crippen LogP contribution >= 0.6 is 0 Å². The summed E-state index contributed by atoms with van der Waals surface area (Å²) in [5.74, 6) is 3.27. The van der Waals surface area contributed by atoms with Gasteiger partial charge in [-0.2, -0.15) is 0 Å². The van der Waals surface area contributed by atoms with E-state index in [9.17, 15) is 0 Å². The van der Waals surface area contributed by atoms with Crippen molar-refractivity contribution in [3.8, 4) is 11.1 Å². The monoisotopic (exact) mass is 372 g/mol. The first-order chi connectivity index (χ1) is 13.7. The van der Waals surface area contributed by atoms with Gasteiger partial charge in [-0.3, -0.25) is 0 Å². The smallest absolute Gasteiger partial charge is 0.0162 e. The second-order valence-electron chi connectivity index (χ2n) is 9.34. The van der Waals surface area contributed by atoms with Crippen molar-refractivity contribution in [3.63, 3.8) is 0 Å². The van der Waals surface area contributed by atoms with E-state index in [0.717, 1.165) is 23.7 Å². The SMILES string of the molecule is C/C=C/C1CCC(c2ccc(-c3ccc(C4CCC(C)CC4)cc3)cc2)CC1. The van der Waals surface area contributed by atoms with Gasteiger partial charge in [-0.25, -0.2) is 0 Å². The Bertz CT molecular complexity index is 749. The highest BCUT2D eigenvalue weighted by molar-refractivity contribution is 5.64. The molecule has 28 heavy (non-hydrogen) atoms. The fourth-order valence-electron chi connectivity index (χ4n) is 5.41. The van der Waals surface area contributed by atoms with Crippen LogP contribution in [0.1, 0.15) is 88.2 Å². The zero-order chi connectivity index (χ0) is 19.3. The van der Waals surface area contributed by atoms with E-state index in [0.29, 0.717) is 0 Å². The molecule has 0 bridgehead atoms. The zero-order valence-electron chi connectivity index (χ0n) is 17.7. The number of benzene rings is 2. The third-order valence-corrected chi connectivity index (χ3v) is 7.35. The van der Waals surface area contributed by atoms with Gasteiger partial charge in [0.25, 0.3) is 0 Å². The van der Waals surface area contributed by atoms with E-state index < -0.39 is 0 Å². The van der Waals surface area contributed by atoms with E-state index in [1.165, 1.54) is 68.1 Å². The van der Waals surface area contributed by atoms with Gasteiger partial charge in [-0.15, -0.1) is 0 Å². The number of hydrogen-bond donors (Lipinski definition) is 0. The van der Waals surface area contributed by atoms with Crippen LogP contribution < -0.4 is 0 Å². The van der Waals surface area contributed by atoms with Crippen molar-refractivity contribution >= 4 is 0 Å². The Morgan fingerprint density at radius 1 is 0.607 bits per heavy atom. The van der Waals surface area contributed by atoms with Crippen LogP contribution in [0.5, 0.6) is 0 Å². The molecule has 0 N–H and O–H groups in total. The van der Waals surface area contributed by atoms with Crippen molar-refractivity contribution in [2.75, 3.05) is 0 Å². The number of hydrogen-bond acceptors (Lipinski definition) is 0. The highest BCUT2D eigenvalue weighted by atomic mass is 14.3. The van der Waals surface area contributed by atoms with E-state index in [1.807, 2.05) is 0 Å². The minimum atomic E-state index is 0.756. The molecule has 0 atom stereocenters. The van der Waals surface area contributed by atoms with E-state index in [4.69, 9.17) is 0 Å². The van der Waals surface area contributed by atoms with E-state index in [-0.39, 0.29) is 0 Å². The first-order valence-electron chi connectivity index (χ1n) is 11.6. The first kappa shape index (κ1) is 19.5. The quantitative estimate of drug-likeness (QED) is 0.472. The van der Waals surface area contributed by atoms with Crippen LogP contribution in [0.15, 0.2) is 60.7 Å². The summed E-state index contributed by atoms with van der Waals surface area (Å²) >= 11 is 0. The van der Waals surface area contributed by atoms with Gasteiger partial charge in [0, 0.05) is 0 Å². The number of rotatable bonds is 4. The standard InChI is InChI=1S/C28H36/c1-3-4-22-7-11-24(12-8-22)26-15-19-28(20-16-26)27-17-13-25(14-18-27)23-9-5-21(2)6-10-23/h3-4,13-24H,5-12H2,1-2H3/b4-3+. The lowest BCUT2D eigenvalue weighted by Crippen LogP contribution is -2.11. The maximum Gasteiger partial charge on any atom is -0.0162 e. The molecule has 4 rings (SSSR count). The summed E-state index contributed by atoms with van der Waals surface area (Å²) < 4.78 is 0. The molecular weight excluding hydrogens is 336 g/mol. The molecule has 0 aliphatic heterocycles. The lowest BCUT2D eigenvalue weighted by Gasteiger charge is -2.27. The van der Waals surface area contributed by atoms with Crippen LogP contribution in [0, 0.1) is 11.8 Å². The molecule has 2 saturated carbocycles. The van der Waals surface area contributed by atoms with Crippen molar-refractivity contribution in [1.82, 2.24) is 0 Å². The maximum atomic E-state index is 2.40. The molecule has 2 fully saturated rings. The van der Waals surface area contributed by atoms with Crippen LogP contribution in [0.4, 0.5) is 0 Å². The minimum absolute atomic E-state index is 0.756. The van der Waals surface area contributed by atoms with Crippen LogP contribution in [-0.4, -0.2) is 0 Å². The molecule has 0 unspecified atom stereocenters. The van der Waals surface area contributed by atoms with Crippen LogP contribution in [-0.2, 0) is 0 Å².